The second-order valence-electron chi connectivity index (χ2n) is 18.1. The molecule has 0 aliphatic heterocycles. The van der Waals surface area contributed by atoms with Crippen LogP contribution in [0.3, 0.4) is 0 Å². The second kappa shape index (κ2) is 10.1. The van der Waals surface area contributed by atoms with Gasteiger partial charge in [0.15, 0.2) is 0 Å². The smallest absolute Gasteiger partial charge is 0.0543 e. The Morgan fingerprint density at radius 2 is 1.10 bits per heavy atom. The van der Waals surface area contributed by atoms with Gasteiger partial charge in [-0.1, -0.05) is 103 Å². The maximum absolute atomic E-state index is 2.67. The maximum atomic E-state index is 2.67. The molecule has 1 nitrogen and oxygen atoms in total. The molecule has 1 heteroatoms. The van der Waals surface area contributed by atoms with Crippen molar-refractivity contribution in [2.24, 2.45) is 35.5 Å². The van der Waals surface area contributed by atoms with Gasteiger partial charge in [0.1, 0.15) is 0 Å². The lowest BCUT2D eigenvalue weighted by atomic mass is 9.43. The van der Waals surface area contributed by atoms with Gasteiger partial charge in [0.25, 0.3) is 0 Å². The molecule has 0 radical (unpaired) electrons. The van der Waals surface area contributed by atoms with E-state index in [-0.39, 0.29) is 10.8 Å². The molecule has 0 amide bonds. The first-order valence-corrected chi connectivity index (χ1v) is 20.5. The first-order valence-electron chi connectivity index (χ1n) is 20.5. The molecule has 0 saturated heterocycles. The summed E-state index contributed by atoms with van der Waals surface area (Å²) in [5.41, 5.74) is 16.6. The molecular weight excluding hydrogens is 627 g/mol. The summed E-state index contributed by atoms with van der Waals surface area (Å²) in [5, 5.41) is 2.60. The normalized spacial score (nSPS) is 32.1. The van der Waals surface area contributed by atoms with E-state index in [1.54, 1.807) is 22.3 Å². The number of benzene rings is 6. The maximum Gasteiger partial charge on any atom is 0.0543 e. The SMILES string of the molecule is c1ccc2c(c1)-c1ccc(N(c3ccc4ccccc4c3)c3cccc4c3-c3ccccc3C43C4CC5CC(C4)CC3C5)cc1C21CC2CCC1C2. The fraction of sp³-hybridized carbons (Fsp3) is 0.333. The number of hydrogen-bond donors (Lipinski definition) is 0. The Kier molecular flexibility index (Phi) is 5.60. The zero-order chi connectivity index (χ0) is 33.8. The minimum Gasteiger partial charge on any atom is -0.310 e. The second-order valence-corrected chi connectivity index (χ2v) is 18.1. The highest BCUT2D eigenvalue weighted by molar-refractivity contribution is 5.98. The molecule has 52 heavy (non-hydrogen) atoms. The van der Waals surface area contributed by atoms with Crippen LogP contribution < -0.4 is 4.90 Å². The molecule has 0 heterocycles. The van der Waals surface area contributed by atoms with Crippen molar-refractivity contribution < 1.29 is 0 Å². The molecule has 6 bridgehead atoms. The number of nitrogens with zero attached hydrogens (tertiary/aromatic N) is 1. The molecule has 3 atom stereocenters. The zero-order valence-corrected chi connectivity index (χ0v) is 29.9. The van der Waals surface area contributed by atoms with E-state index in [4.69, 9.17) is 0 Å². The van der Waals surface area contributed by atoms with Crippen LogP contribution in [0.15, 0.2) is 127 Å². The summed E-state index contributed by atoms with van der Waals surface area (Å²) in [5.74, 6) is 4.99. The molecule has 6 aromatic carbocycles. The largest absolute Gasteiger partial charge is 0.310 e. The van der Waals surface area contributed by atoms with Gasteiger partial charge < -0.3 is 4.90 Å². The highest BCUT2D eigenvalue weighted by Crippen LogP contribution is 2.71. The molecule has 6 fully saturated rings. The summed E-state index contributed by atoms with van der Waals surface area (Å²) >= 11 is 0. The minimum atomic E-state index is 0.148. The van der Waals surface area contributed by atoms with Crippen molar-refractivity contribution >= 4 is 27.8 Å². The van der Waals surface area contributed by atoms with Gasteiger partial charge in [-0.15, -0.1) is 0 Å². The van der Waals surface area contributed by atoms with Crippen molar-refractivity contribution in [3.63, 3.8) is 0 Å². The summed E-state index contributed by atoms with van der Waals surface area (Å²) in [7, 11) is 0. The predicted molar refractivity (Wildman–Crippen MR) is 214 cm³/mol. The third-order valence-corrected chi connectivity index (χ3v) is 16.1. The molecule has 6 saturated carbocycles. The molecule has 14 rings (SSSR count). The summed E-state index contributed by atoms with van der Waals surface area (Å²) in [6.07, 6.45) is 12.6. The lowest BCUT2D eigenvalue weighted by Crippen LogP contribution is -2.55. The van der Waals surface area contributed by atoms with E-state index in [2.05, 4.69) is 132 Å². The molecule has 8 aliphatic rings. The fourth-order valence-corrected chi connectivity index (χ4v) is 14.6. The van der Waals surface area contributed by atoms with Gasteiger partial charge in [-0.2, -0.15) is 0 Å². The van der Waals surface area contributed by atoms with E-state index < -0.39 is 0 Å². The van der Waals surface area contributed by atoms with Crippen LogP contribution in [0.4, 0.5) is 17.1 Å². The molecule has 254 valence electrons. The van der Waals surface area contributed by atoms with Gasteiger partial charge >= 0.3 is 0 Å². The van der Waals surface area contributed by atoms with Crippen LogP contribution in [0.25, 0.3) is 33.0 Å². The number of fused-ring (bicyclic) bond motifs is 12. The van der Waals surface area contributed by atoms with Crippen molar-refractivity contribution in [2.75, 3.05) is 4.90 Å². The Bertz CT molecular complexity index is 2460. The third kappa shape index (κ3) is 3.47. The topological polar surface area (TPSA) is 3.24 Å². The van der Waals surface area contributed by atoms with Gasteiger partial charge in [-0.25, -0.2) is 0 Å². The van der Waals surface area contributed by atoms with Crippen LogP contribution in [-0.4, -0.2) is 0 Å². The standard InChI is InChI=1S/C51H45N/c1-2-9-35-28-39(19-17-34(35)8-1)52(40-20-21-42-41-10-3-5-12-44(41)50(47(42)29-40)30-31-16-18-36(50)23-31)48-15-7-14-46-49(48)43-11-4-6-13-45(43)51(46)37-24-32-22-33(26-37)27-38(51)25-32/h1-15,17,19-21,28-29,31-33,36-38H,16,18,22-27,30H2. The van der Waals surface area contributed by atoms with Crippen molar-refractivity contribution in [3.8, 4) is 22.3 Å². The predicted octanol–water partition coefficient (Wildman–Crippen LogP) is 13.1. The zero-order valence-electron chi connectivity index (χ0n) is 29.9. The van der Waals surface area contributed by atoms with Crippen molar-refractivity contribution in [3.05, 3.63) is 150 Å². The molecule has 6 aromatic rings. The van der Waals surface area contributed by atoms with Crippen LogP contribution in [-0.2, 0) is 10.8 Å². The Hall–Kier alpha value is -4.62. The van der Waals surface area contributed by atoms with Crippen LogP contribution in [0, 0.1) is 35.5 Å². The van der Waals surface area contributed by atoms with Crippen molar-refractivity contribution in [1.29, 1.82) is 0 Å². The lowest BCUT2D eigenvalue weighted by molar-refractivity contribution is -0.0399. The van der Waals surface area contributed by atoms with E-state index in [1.165, 1.54) is 108 Å². The van der Waals surface area contributed by atoms with E-state index in [1.807, 2.05) is 0 Å². The average Bonchev–Trinajstić information content (AvgIpc) is 3.94. The minimum absolute atomic E-state index is 0.148. The van der Waals surface area contributed by atoms with E-state index in [9.17, 15) is 0 Å². The summed E-state index contributed by atoms with van der Waals surface area (Å²) in [6, 6.07) is 50.2. The first-order chi connectivity index (χ1) is 25.7. The number of hydrogen-bond acceptors (Lipinski definition) is 1. The fourth-order valence-electron chi connectivity index (χ4n) is 14.6. The molecule has 8 aliphatic carbocycles. The van der Waals surface area contributed by atoms with E-state index in [0.717, 1.165) is 35.5 Å². The summed E-state index contributed by atoms with van der Waals surface area (Å²) < 4.78 is 0. The Balaban J connectivity index is 1.07. The highest BCUT2D eigenvalue weighted by Gasteiger charge is 2.62. The van der Waals surface area contributed by atoms with Crippen LogP contribution in [0.5, 0.6) is 0 Å². The quantitative estimate of drug-likeness (QED) is 0.181. The molecule has 0 aromatic heterocycles. The summed E-state index contributed by atoms with van der Waals surface area (Å²) in [4.78, 5) is 2.67. The van der Waals surface area contributed by atoms with E-state index in [0.29, 0.717) is 0 Å². The molecule has 3 unspecified atom stereocenters. The number of anilines is 3. The van der Waals surface area contributed by atoms with Gasteiger partial charge in [0.05, 0.1) is 5.69 Å². The highest BCUT2D eigenvalue weighted by atomic mass is 15.1. The van der Waals surface area contributed by atoms with Crippen LogP contribution in [0.2, 0.25) is 0 Å². The van der Waals surface area contributed by atoms with Gasteiger partial charge in [0.2, 0.25) is 0 Å². The third-order valence-electron chi connectivity index (χ3n) is 16.1. The van der Waals surface area contributed by atoms with Gasteiger partial charge in [-0.3, -0.25) is 0 Å². The number of rotatable bonds is 3. The molecule has 2 spiro atoms. The first kappa shape index (κ1) is 28.9. The van der Waals surface area contributed by atoms with Crippen LogP contribution in [0.1, 0.15) is 80.0 Å². The van der Waals surface area contributed by atoms with Gasteiger partial charge in [-0.05, 0) is 167 Å². The Labute approximate surface area is 307 Å². The van der Waals surface area contributed by atoms with Crippen molar-refractivity contribution in [1.82, 2.24) is 0 Å². The summed E-state index contributed by atoms with van der Waals surface area (Å²) in [6.45, 7) is 0. The van der Waals surface area contributed by atoms with E-state index >= 15 is 0 Å². The molecular formula is C51H45N. The Morgan fingerprint density at radius 3 is 1.88 bits per heavy atom. The van der Waals surface area contributed by atoms with Crippen molar-refractivity contribution in [2.45, 2.75) is 68.6 Å². The lowest BCUT2D eigenvalue weighted by Gasteiger charge is -2.61. The Morgan fingerprint density at radius 1 is 0.442 bits per heavy atom. The average molecular weight is 672 g/mol. The van der Waals surface area contributed by atoms with Gasteiger partial charge in [0, 0.05) is 27.8 Å². The van der Waals surface area contributed by atoms with Crippen LogP contribution >= 0.6 is 0 Å². The monoisotopic (exact) mass is 671 g/mol. The molecule has 0 N–H and O–H groups in total.